The molecule has 1 aliphatic carbocycles. The van der Waals surface area contributed by atoms with Crippen molar-refractivity contribution < 1.29 is 0 Å². The molecule has 0 amide bonds. The van der Waals surface area contributed by atoms with Crippen LogP contribution in [0.5, 0.6) is 0 Å². The molecule has 1 fully saturated rings. The van der Waals surface area contributed by atoms with Crippen molar-refractivity contribution in [3.05, 3.63) is 53.7 Å². The molecule has 1 aromatic heterocycles. The Kier molecular flexibility index (Phi) is 4.61. The zero-order valence-corrected chi connectivity index (χ0v) is 13.5. The van der Waals surface area contributed by atoms with E-state index in [1.165, 1.54) is 28.9 Å². The summed E-state index contributed by atoms with van der Waals surface area (Å²) in [6, 6.07) is 13.8. The molecule has 3 heteroatoms. The molecule has 0 bridgehead atoms. The van der Waals surface area contributed by atoms with Gasteiger partial charge in [-0.3, -0.25) is 0 Å². The Labute approximate surface area is 131 Å². The number of hydrogen-bond acceptors (Lipinski definition) is 3. The molecule has 1 heterocycles. The van der Waals surface area contributed by atoms with Gasteiger partial charge in [0.2, 0.25) is 0 Å². The number of nitrogens with zero attached hydrogens (tertiary/aromatic N) is 1. The number of rotatable bonds is 6. The van der Waals surface area contributed by atoms with Gasteiger partial charge in [0, 0.05) is 23.7 Å². The standard InChI is InChI=1S/C18H22N2S/c1-13(2)14-5-9-17(10-6-14)21-18-15(4-3-11-19-18)12-20-16-7-8-16/h3-6,9-11,13,16,20H,7-8,12H2,1-2H3. The van der Waals surface area contributed by atoms with Gasteiger partial charge in [0.25, 0.3) is 0 Å². The summed E-state index contributed by atoms with van der Waals surface area (Å²) >= 11 is 1.76. The maximum Gasteiger partial charge on any atom is 0.105 e. The summed E-state index contributed by atoms with van der Waals surface area (Å²) < 4.78 is 0. The topological polar surface area (TPSA) is 24.9 Å². The van der Waals surface area contributed by atoms with Gasteiger partial charge in [-0.1, -0.05) is 43.8 Å². The smallest absolute Gasteiger partial charge is 0.105 e. The van der Waals surface area contributed by atoms with Crippen molar-refractivity contribution in [2.75, 3.05) is 0 Å². The number of benzene rings is 1. The van der Waals surface area contributed by atoms with Crippen molar-refractivity contribution in [3.63, 3.8) is 0 Å². The molecular weight excluding hydrogens is 276 g/mol. The zero-order chi connectivity index (χ0) is 14.7. The Morgan fingerprint density at radius 3 is 2.62 bits per heavy atom. The zero-order valence-electron chi connectivity index (χ0n) is 12.7. The van der Waals surface area contributed by atoms with Crippen LogP contribution in [0.1, 0.15) is 43.7 Å². The van der Waals surface area contributed by atoms with Crippen molar-refractivity contribution in [3.8, 4) is 0 Å². The monoisotopic (exact) mass is 298 g/mol. The lowest BCUT2D eigenvalue weighted by Crippen LogP contribution is -2.16. The van der Waals surface area contributed by atoms with Crippen molar-refractivity contribution in [1.29, 1.82) is 0 Å². The second kappa shape index (κ2) is 6.63. The molecular formula is C18H22N2S. The normalized spacial score (nSPS) is 14.6. The fourth-order valence-electron chi connectivity index (χ4n) is 2.22. The summed E-state index contributed by atoms with van der Waals surface area (Å²) in [5.41, 5.74) is 2.68. The van der Waals surface area contributed by atoms with Crippen LogP contribution >= 0.6 is 11.8 Å². The highest BCUT2D eigenvalue weighted by Gasteiger charge is 2.20. The van der Waals surface area contributed by atoms with E-state index in [0.717, 1.165) is 17.6 Å². The van der Waals surface area contributed by atoms with Gasteiger partial charge in [-0.2, -0.15) is 0 Å². The molecule has 2 aromatic rings. The van der Waals surface area contributed by atoms with E-state index < -0.39 is 0 Å². The van der Waals surface area contributed by atoms with Crippen molar-refractivity contribution in [1.82, 2.24) is 10.3 Å². The van der Waals surface area contributed by atoms with Crippen LogP contribution in [0.25, 0.3) is 0 Å². The molecule has 0 spiro atoms. The number of hydrogen-bond donors (Lipinski definition) is 1. The molecule has 0 unspecified atom stereocenters. The Bertz CT molecular complexity index is 588. The summed E-state index contributed by atoms with van der Waals surface area (Å²) in [6.07, 6.45) is 4.52. The highest BCUT2D eigenvalue weighted by Crippen LogP contribution is 2.30. The summed E-state index contributed by atoms with van der Waals surface area (Å²) in [4.78, 5) is 5.81. The van der Waals surface area contributed by atoms with Crippen LogP contribution in [-0.2, 0) is 6.54 Å². The third kappa shape index (κ3) is 4.08. The predicted octanol–water partition coefficient (Wildman–Crippen LogP) is 4.61. The lowest BCUT2D eigenvalue weighted by molar-refractivity contribution is 0.675. The van der Waals surface area contributed by atoms with Gasteiger partial charge in [-0.25, -0.2) is 4.98 Å². The van der Waals surface area contributed by atoms with E-state index in [-0.39, 0.29) is 0 Å². The summed E-state index contributed by atoms with van der Waals surface area (Å²) in [5.74, 6) is 0.581. The maximum atomic E-state index is 4.55. The number of aromatic nitrogens is 1. The molecule has 21 heavy (non-hydrogen) atoms. The first-order valence-corrected chi connectivity index (χ1v) is 8.49. The van der Waals surface area contributed by atoms with Crippen LogP contribution < -0.4 is 5.32 Å². The van der Waals surface area contributed by atoms with Crippen LogP contribution in [0.15, 0.2) is 52.5 Å². The quantitative estimate of drug-likeness (QED) is 0.843. The Morgan fingerprint density at radius 1 is 1.19 bits per heavy atom. The lowest BCUT2D eigenvalue weighted by Gasteiger charge is -2.10. The van der Waals surface area contributed by atoms with Crippen LogP contribution in [0.3, 0.4) is 0 Å². The molecule has 1 aromatic carbocycles. The minimum absolute atomic E-state index is 0.581. The fraction of sp³-hybridized carbons (Fsp3) is 0.389. The molecule has 110 valence electrons. The third-order valence-corrected chi connectivity index (χ3v) is 4.84. The van der Waals surface area contributed by atoms with E-state index in [9.17, 15) is 0 Å². The van der Waals surface area contributed by atoms with Gasteiger partial charge in [0.15, 0.2) is 0 Å². The van der Waals surface area contributed by atoms with Gasteiger partial charge >= 0.3 is 0 Å². The fourth-order valence-corrected chi connectivity index (χ4v) is 3.10. The molecule has 0 aliphatic heterocycles. The molecule has 2 nitrogen and oxygen atoms in total. The molecule has 0 atom stereocenters. The first kappa shape index (κ1) is 14.6. The van der Waals surface area contributed by atoms with E-state index in [4.69, 9.17) is 0 Å². The van der Waals surface area contributed by atoms with Crippen LogP contribution in [0, 0.1) is 0 Å². The van der Waals surface area contributed by atoms with Gasteiger partial charge in [0.1, 0.15) is 5.03 Å². The minimum Gasteiger partial charge on any atom is -0.310 e. The number of pyridine rings is 1. The lowest BCUT2D eigenvalue weighted by atomic mass is 10.0. The highest BCUT2D eigenvalue weighted by atomic mass is 32.2. The molecule has 0 radical (unpaired) electrons. The number of nitrogens with one attached hydrogen (secondary N) is 1. The van der Waals surface area contributed by atoms with Gasteiger partial charge in [-0.05, 0) is 48.1 Å². The molecule has 1 aliphatic rings. The van der Waals surface area contributed by atoms with E-state index in [2.05, 4.69) is 54.5 Å². The van der Waals surface area contributed by atoms with E-state index in [1.807, 2.05) is 12.3 Å². The summed E-state index contributed by atoms with van der Waals surface area (Å²) in [5, 5.41) is 4.68. The Balaban J connectivity index is 1.70. The van der Waals surface area contributed by atoms with Crippen LogP contribution in [-0.4, -0.2) is 11.0 Å². The Morgan fingerprint density at radius 2 is 1.95 bits per heavy atom. The highest BCUT2D eigenvalue weighted by molar-refractivity contribution is 7.99. The SMILES string of the molecule is CC(C)c1ccc(Sc2ncccc2CNC2CC2)cc1. The molecule has 0 saturated heterocycles. The molecule has 1 saturated carbocycles. The Hall–Kier alpha value is -1.32. The van der Waals surface area contributed by atoms with Crippen molar-refractivity contribution in [2.24, 2.45) is 0 Å². The molecule has 1 N–H and O–H groups in total. The van der Waals surface area contributed by atoms with Gasteiger partial charge in [-0.15, -0.1) is 0 Å². The predicted molar refractivity (Wildman–Crippen MR) is 88.8 cm³/mol. The average Bonchev–Trinajstić information content (AvgIpc) is 3.31. The van der Waals surface area contributed by atoms with E-state index in [0.29, 0.717) is 5.92 Å². The average molecular weight is 298 g/mol. The van der Waals surface area contributed by atoms with Gasteiger partial charge < -0.3 is 5.32 Å². The minimum atomic E-state index is 0.581. The van der Waals surface area contributed by atoms with Crippen molar-refractivity contribution >= 4 is 11.8 Å². The maximum absolute atomic E-state index is 4.55. The van der Waals surface area contributed by atoms with Crippen LogP contribution in [0.4, 0.5) is 0 Å². The van der Waals surface area contributed by atoms with Crippen LogP contribution in [0.2, 0.25) is 0 Å². The largest absolute Gasteiger partial charge is 0.310 e. The summed E-state index contributed by atoms with van der Waals surface area (Å²) in [7, 11) is 0. The van der Waals surface area contributed by atoms with E-state index >= 15 is 0 Å². The first-order valence-electron chi connectivity index (χ1n) is 7.67. The first-order chi connectivity index (χ1) is 10.2. The molecule has 3 rings (SSSR count). The second-order valence-electron chi connectivity index (χ2n) is 5.95. The van der Waals surface area contributed by atoms with Gasteiger partial charge in [0.05, 0.1) is 0 Å². The second-order valence-corrected chi connectivity index (χ2v) is 7.01. The summed E-state index contributed by atoms with van der Waals surface area (Å²) in [6.45, 7) is 5.37. The van der Waals surface area contributed by atoms with Crippen molar-refractivity contribution in [2.45, 2.75) is 55.1 Å². The van der Waals surface area contributed by atoms with E-state index in [1.54, 1.807) is 11.8 Å². The third-order valence-electron chi connectivity index (χ3n) is 3.77.